The van der Waals surface area contributed by atoms with Crippen LogP contribution in [0, 0.1) is 6.92 Å². The lowest BCUT2D eigenvalue weighted by Crippen LogP contribution is -2.14. The molecule has 0 unspecified atom stereocenters. The number of nitrogens with zero attached hydrogens (tertiary/aromatic N) is 1. The van der Waals surface area contributed by atoms with E-state index in [-0.39, 0.29) is 11.4 Å². The number of amides is 1. The van der Waals surface area contributed by atoms with Crippen LogP contribution in [0.4, 0.5) is 10.8 Å². The lowest BCUT2D eigenvalue weighted by Gasteiger charge is -2.02. The zero-order valence-electron chi connectivity index (χ0n) is 9.19. The molecule has 0 fully saturated rings. The monoisotopic (exact) mass is 268 g/mol. The summed E-state index contributed by atoms with van der Waals surface area (Å²) in [6, 6.07) is 4.10. The van der Waals surface area contributed by atoms with Crippen molar-refractivity contribution in [2.45, 2.75) is 13.5 Å². The number of primary amides is 1. The van der Waals surface area contributed by atoms with Crippen LogP contribution in [-0.2, 0) is 6.54 Å². The molecule has 17 heavy (non-hydrogen) atoms. The highest BCUT2D eigenvalue weighted by atomic mass is 32.1. The minimum atomic E-state index is -0.555. The Morgan fingerprint density at radius 2 is 2.29 bits per heavy atom. The number of nitrogens with two attached hydrogens (primary N) is 2. The smallest absolute Gasteiger partial charge is 0.255 e. The minimum absolute atomic E-state index is 0.187. The fourth-order valence-electron chi connectivity index (χ4n) is 1.41. The minimum Gasteiger partial charge on any atom is -0.382 e. The Hall–Kier alpha value is -1.60. The quantitative estimate of drug-likeness (QED) is 0.788. The van der Waals surface area contributed by atoms with E-state index in [1.165, 1.54) is 9.75 Å². The largest absolute Gasteiger partial charge is 0.382 e. The molecule has 5 nitrogen and oxygen atoms in total. The van der Waals surface area contributed by atoms with Gasteiger partial charge in [0.05, 0.1) is 6.54 Å². The number of aromatic nitrogens is 1. The molecule has 0 atom stereocenters. The third-order valence-corrected chi connectivity index (χ3v) is 4.00. The van der Waals surface area contributed by atoms with E-state index in [9.17, 15) is 4.79 Å². The number of thiophene rings is 1. The molecule has 0 aliphatic heterocycles. The van der Waals surface area contributed by atoms with Gasteiger partial charge in [0.15, 0.2) is 5.82 Å². The van der Waals surface area contributed by atoms with Gasteiger partial charge in [-0.3, -0.25) is 4.79 Å². The molecular formula is C10H12N4OS2. The summed E-state index contributed by atoms with van der Waals surface area (Å²) in [4.78, 5) is 13.6. The molecule has 0 bridgehead atoms. The van der Waals surface area contributed by atoms with E-state index in [4.69, 9.17) is 11.5 Å². The van der Waals surface area contributed by atoms with Crippen molar-refractivity contribution in [3.63, 3.8) is 0 Å². The second-order valence-corrected chi connectivity index (χ2v) is 5.65. The summed E-state index contributed by atoms with van der Waals surface area (Å²) in [5.74, 6) is -0.367. The van der Waals surface area contributed by atoms with Crippen molar-refractivity contribution in [2.24, 2.45) is 5.73 Å². The average Bonchev–Trinajstić information content (AvgIpc) is 2.82. The second-order valence-electron chi connectivity index (χ2n) is 3.50. The number of rotatable bonds is 4. The number of carbonyl (C=O) groups is 1. The maximum atomic E-state index is 11.2. The molecule has 5 N–H and O–H groups in total. The fourth-order valence-corrected chi connectivity index (χ4v) is 2.95. The summed E-state index contributed by atoms with van der Waals surface area (Å²) >= 11 is 2.85. The zero-order valence-corrected chi connectivity index (χ0v) is 10.8. The number of nitrogens with one attached hydrogen (secondary N) is 1. The Morgan fingerprint density at radius 3 is 2.88 bits per heavy atom. The Bertz CT molecular complexity index is 546. The molecule has 90 valence electrons. The van der Waals surface area contributed by atoms with Crippen molar-refractivity contribution < 1.29 is 4.79 Å². The first kappa shape index (κ1) is 11.9. The van der Waals surface area contributed by atoms with Crippen molar-refractivity contribution in [1.29, 1.82) is 0 Å². The van der Waals surface area contributed by atoms with Gasteiger partial charge >= 0.3 is 0 Å². The molecule has 0 aliphatic rings. The molecule has 7 heteroatoms. The standard InChI is InChI=1S/C10H12N4OS2/c1-5-2-3-6(16-5)4-13-10-7(9(12)15)8(11)14-17-10/h2-3,13H,4H2,1H3,(H2,11,14)(H2,12,15). The highest BCUT2D eigenvalue weighted by molar-refractivity contribution is 7.12. The van der Waals surface area contributed by atoms with Gasteiger partial charge in [0, 0.05) is 9.75 Å². The summed E-state index contributed by atoms with van der Waals surface area (Å²) in [6.07, 6.45) is 0. The van der Waals surface area contributed by atoms with Crippen LogP contribution in [-0.4, -0.2) is 10.3 Å². The molecule has 0 spiro atoms. The topological polar surface area (TPSA) is 94.0 Å². The number of hydrogen-bond acceptors (Lipinski definition) is 6. The Labute approximate surface area is 107 Å². The SMILES string of the molecule is Cc1ccc(CNc2snc(N)c2C(N)=O)s1. The molecule has 0 saturated carbocycles. The summed E-state index contributed by atoms with van der Waals surface area (Å²) in [7, 11) is 0. The van der Waals surface area contributed by atoms with Crippen LogP contribution in [0.5, 0.6) is 0 Å². The zero-order chi connectivity index (χ0) is 12.4. The van der Waals surface area contributed by atoms with E-state index >= 15 is 0 Å². The van der Waals surface area contributed by atoms with E-state index in [2.05, 4.69) is 15.8 Å². The van der Waals surface area contributed by atoms with Crippen LogP contribution in [0.25, 0.3) is 0 Å². The van der Waals surface area contributed by atoms with Gasteiger partial charge < -0.3 is 16.8 Å². The third kappa shape index (κ3) is 2.56. The number of anilines is 2. The average molecular weight is 268 g/mol. The first-order chi connectivity index (χ1) is 8.08. The van der Waals surface area contributed by atoms with E-state index in [0.717, 1.165) is 11.5 Å². The van der Waals surface area contributed by atoms with Gasteiger partial charge in [0.25, 0.3) is 5.91 Å². The van der Waals surface area contributed by atoms with Gasteiger partial charge in [-0.1, -0.05) is 0 Å². The maximum absolute atomic E-state index is 11.2. The molecule has 0 aliphatic carbocycles. The van der Waals surface area contributed by atoms with Gasteiger partial charge in [0.1, 0.15) is 10.6 Å². The van der Waals surface area contributed by atoms with Crippen molar-refractivity contribution >= 4 is 39.6 Å². The van der Waals surface area contributed by atoms with E-state index < -0.39 is 5.91 Å². The van der Waals surface area contributed by atoms with Crippen molar-refractivity contribution in [1.82, 2.24) is 4.37 Å². The van der Waals surface area contributed by atoms with Crippen molar-refractivity contribution in [2.75, 3.05) is 11.1 Å². The van der Waals surface area contributed by atoms with Crippen molar-refractivity contribution in [3.05, 3.63) is 27.5 Å². The highest BCUT2D eigenvalue weighted by Crippen LogP contribution is 2.27. The number of hydrogen-bond donors (Lipinski definition) is 3. The van der Waals surface area contributed by atoms with Crippen LogP contribution >= 0.6 is 22.9 Å². The first-order valence-electron chi connectivity index (χ1n) is 4.92. The normalized spacial score (nSPS) is 10.4. The van der Waals surface area contributed by atoms with E-state index in [1.54, 1.807) is 11.3 Å². The predicted octanol–water partition coefficient (Wildman–Crippen LogP) is 1.81. The van der Waals surface area contributed by atoms with Gasteiger partial charge in [-0.15, -0.1) is 11.3 Å². The fraction of sp³-hybridized carbons (Fsp3) is 0.200. The van der Waals surface area contributed by atoms with Gasteiger partial charge in [-0.05, 0) is 30.6 Å². The van der Waals surface area contributed by atoms with E-state index in [1.807, 2.05) is 13.0 Å². The molecule has 2 aromatic heterocycles. The van der Waals surface area contributed by atoms with Crippen LogP contribution in [0.2, 0.25) is 0 Å². The van der Waals surface area contributed by atoms with Gasteiger partial charge in [-0.2, -0.15) is 4.37 Å². The number of carbonyl (C=O) groups excluding carboxylic acids is 1. The summed E-state index contributed by atoms with van der Waals surface area (Å²) < 4.78 is 3.91. The Morgan fingerprint density at radius 1 is 1.53 bits per heavy atom. The molecule has 1 amide bonds. The lowest BCUT2D eigenvalue weighted by atomic mass is 10.3. The van der Waals surface area contributed by atoms with Crippen LogP contribution in [0.1, 0.15) is 20.1 Å². The lowest BCUT2D eigenvalue weighted by molar-refractivity contribution is 0.100. The van der Waals surface area contributed by atoms with Gasteiger partial charge in [0.2, 0.25) is 0 Å². The summed E-state index contributed by atoms with van der Waals surface area (Å²) in [6.45, 7) is 2.69. The molecular weight excluding hydrogens is 256 g/mol. The number of nitrogen functional groups attached to an aromatic ring is 1. The molecule has 2 aromatic rings. The summed E-state index contributed by atoms with van der Waals surface area (Å²) in [5, 5.41) is 3.76. The summed E-state index contributed by atoms with van der Waals surface area (Å²) in [5.41, 5.74) is 11.1. The van der Waals surface area contributed by atoms with E-state index in [0.29, 0.717) is 11.5 Å². The molecule has 0 radical (unpaired) electrons. The molecule has 0 aromatic carbocycles. The van der Waals surface area contributed by atoms with Crippen LogP contribution < -0.4 is 16.8 Å². The third-order valence-electron chi connectivity index (χ3n) is 2.18. The Balaban J connectivity index is 2.11. The van der Waals surface area contributed by atoms with Crippen molar-refractivity contribution in [3.8, 4) is 0 Å². The maximum Gasteiger partial charge on any atom is 0.255 e. The molecule has 2 rings (SSSR count). The molecule has 2 heterocycles. The molecule has 0 saturated heterocycles. The second kappa shape index (κ2) is 4.72. The highest BCUT2D eigenvalue weighted by Gasteiger charge is 2.16. The van der Waals surface area contributed by atoms with Crippen LogP contribution in [0.15, 0.2) is 12.1 Å². The number of aryl methyl sites for hydroxylation is 1. The van der Waals surface area contributed by atoms with Gasteiger partial charge in [-0.25, -0.2) is 0 Å². The first-order valence-corrected chi connectivity index (χ1v) is 6.51. The van der Waals surface area contributed by atoms with Crippen LogP contribution in [0.3, 0.4) is 0 Å². The Kier molecular flexibility index (Phi) is 3.30. The predicted molar refractivity (Wildman–Crippen MR) is 71.4 cm³/mol.